The number of piperidine rings is 1. The predicted molar refractivity (Wildman–Crippen MR) is 144 cm³/mol. The van der Waals surface area contributed by atoms with Crippen molar-refractivity contribution in [2.75, 3.05) is 33.7 Å². The van der Waals surface area contributed by atoms with Crippen molar-refractivity contribution < 1.29 is 27.5 Å². The Morgan fingerprint density at radius 3 is 1.79 bits per heavy atom. The molecule has 0 unspecified atom stereocenters. The van der Waals surface area contributed by atoms with Gasteiger partial charge in [-0.15, -0.1) is 0 Å². The lowest BCUT2D eigenvalue weighted by Gasteiger charge is -2.46. The van der Waals surface area contributed by atoms with Crippen LogP contribution in [0.5, 0.6) is 0 Å². The van der Waals surface area contributed by atoms with Gasteiger partial charge < -0.3 is 14.4 Å². The first kappa shape index (κ1) is 27.5. The molecular formula is C29H32N2O6S. The van der Waals surface area contributed by atoms with Crippen LogP contribution in [0.2, 0.25) is 0 Å². The number of esters is 2. The van der Waals surface area contributed by atoms with Gasteiger partial charge in [0.1, 0.15) is 0 Å². The van der Waals surface area contributed by atoms with Crippen LogP contribution in [0.3, 0.4) is 0 Å². The summed E-state index contributed by atoms with van der Waals surface area (Å²) in [6.45, 7) is 0.377. The van der Waals surface area contributed by atoms with Gasteiger partial charge in [0.05, 0.1) is 22.8 Å². The molecule has 4 rings (SSSR count). The molecule has 0 aliphatic carbocycles. The highest BCUT2D eigenvalue weighted by Gasteiger charge is 2.52. The van der Waals surface area contributed by atoms with Crippen LogP contribution in [0.25, 0.3) is 0 Å². The first-order valence-electron chi connectivity index (χ1n) is 12.4. The van der Waals surface area contributed by atoms with Gasteiger partial charge in [-0.25, -0.2) is 22.3 Å². The fourth-order valence-electron chi connectivity index (χ4n) is 4.60. The number of nitrogens with zero attached hydrogens (tertiary/aromatic N) is 2. The number of carbonyl (C=O) groups excluding carboxylic acids is 2. The van der Waals surface area contributed by atoms with Gasteiger partial charge in [-0.1, -0.05) is 66.7 Å². The molecule has 3 aromatic carbocycles. The first-order chi connectivity index (χ1) is 18.2. The summed E-state index contributed by atoms with van der Waals surface area (Å²) in [6, 6.07) is 25.9. The summed E-state index contributed by atoms with van der Waals surface area (Å²) in [6.07, 6.45) is -0.00330. The topological polar surface area (TPSA) is 93.2 Å². The summed E-state index contributed by atoms with van der Waals surface area (Å²) in [4.78, 5) is 28.3. The molecule has 200 valence electrons. The fourth-order valence-corrected chi connectivity index (χ4v) is 6.17. The van der Waals surface area contributed by atoms with Crippen LogP contribution in [0.1, 0.15) is 32.7 Å². The number of hydrogen-bond acceptors (Lipinski definition) is 7. The average Bonchev–Trinajstić information content (AvgIpc) is 2.91. The van der Waals surface area contributed by atoms with E-state index in [0.29, 0.717) is 23.2 Å². The molecule has 9 heteroatoms. The zero-order chi connectivity index (χ0) is 27.2. The molecule has 8 nitrogen and oxygen atoms in total. The van der Waals surface area contributed by atoms with Crippen molar-refractivity contribution in [1.29, 1.82) is 0 Å². The third-order valence-corrected chi connectivity index (χ3v) is 8.29. The van der Waals surface area contributed by atoms with E-state index in [2.05, 4.69) is 0 Å². The highest BCUT2D eigenvalue weighted by Crippen LogP contribution is 2.37. The van der Waals surface area contributed by atoms with Crippen LogP contribution < -0.4 is 0 Å². The van der Waals surface area contributed by atoms with E-state index < -0.39 is 33.7 Å². The van der Waals surface area contributed by atoms with Crippen LogP contribution in [0, 0.1) is 5.92 Å². The van der Waals surface area contributed by atoms with Crippen molar-refractivity contribution in [1.82, 2.24) is 9.21 Å². The normalized spacial score (nSPS) is 17.6. The lowest BCUT2D eigenvalue weighted by molar-refractivity contribution is -0.221. The average molecular weight is 537 g/mol. The molecule has 38 heavy (non-hydrogen) atoms. The van der Waals surface area contributed by atoms with Crippen molar-refractivity contribution in [3.05, 3.63) is 108 Å². The lowest BCUT2D eigenvalue weighted by atomic mass is 9.90. The maximum Gasteiger partial charge on any atom is 0.341 e. The summed E-state index contributed by atoms with van der Waals surface area (Å²) in [5.74, 6) is -3.74. The van der Waals surface area contributed by atoms with Gasteiger partial charge in [-0.3, -0.25) is 0 Å². The zero-order valence-corrected chi connectivity index (χ0v) is 22.3. The Morgan fingerprint density at radius 2 is 1.32 bits per heavy atom. The van der Waals surface area contributed by atoms with Crippen molar-refractivity contribution >= 4 is 22.0 Å². The number of hydrogen-bond donors (Lipinski definition) is 0. The fraction of sp³-hybridized carbons (Fsp3) is 0.310. The maximum absolute atomic E-state index is 13.4. The van der Waals surface area contributed by atoms with E-state index in [1.807, 2.05) is 25.1 Å². The molecule has 0 radical (unpaired) electrons. The van der Waals surface area contributed by atoms with Gasteiger partial charge in [-0.05, 0) is 43.9 Å². The highest BCUT2D eigenvalue weighted by atomic mass is 32.2. The summed E-state index contributed by atoms with van der Waals surface area (Å²) >= 11 is 0. The summed E-state index contributed by atoms with van der Waals surface area (Å²) in [5.41, 5.74) is 1.30. The molecule has 0 bridgehead atoms. The molecule has 1 aliphatic heterocycles. The maximum atomic E-state index is 13.4. The molecule has 0 N–H and O–H groups in total. The van der Waals surface area contributed by atoms with Gasteiger partial charge in [0, 0.05) is 26.1 Å². The van der Waals surface area contributed by atoms with Gasteiger partial charge >= 0.3 is 11.9 Å². The second-order valence-electron chi connectivity index (χ2n) is 9.63. The smallest absolute Gasteiger partial charge is 0.341 e. The third kappa shape index (κ3) is 6.66. The molecule has 3 aromatic rings. The van der Waals surface area contributed by atoms with E-state index in [1.54, 1.807) is 84.9 Å². The highest BCUT2D eigenvalue weighted by molar-refractivity contribution is 7.88. The number of ether oxygens (including phenoxy) is 2. The summed E-state index contributed by atoms with van der Waals surface area (Å²) < 4.78 is 40.2. The molecule has 0 aromatic heterocycles. The largest absolute Gasteiger partial charge is 0.418 e. The van der Waals surface area contributed by atoms with Gasteiger partial charge in [0.2, 0.25) is 10.0 Å². The van der Waals surface area contributed by atoms with Crippen LogP contribution in [-0.4, -0.2) is 69.1 Å². The van der Waals surface area contributed by atoms with E-state index in [-0.39, 0.29) is 25.3 Å². The number of sulfonamides is 1. The molecule has 0 spiro atoms. The SMILES string of the molecule is CN(C)C[C@@H]1CN(S(=O)(=O)Cc2ccccc2)CCC1(OC(=O)c1ccccc1)OC(=O)c1ccccc1. The molecule has 0 amide bonds. The monoisotopic (exact) mass is 536 g/mol. The minimum absolute atomic E-state index is 0.00330. The minimum Gasteiger partial charge on any atom is -0.418 e. The molecule has 1 fully saturated rings. The van der Waals surface area contributed by atoms with Crippen LogP contribution in [-0.2, 0) is 25.2 Å². The van der Waals surface area contributed by atoms with E-state index in [0.717, 1.165) is 0 Å². The van der Waals surface area contributed by atoms with Crippen LogP contribution in [0.15, 0.2) is 91.0 Å². The Bertz CT molecular complexity index is 1280. The van der Waals surface area contributed by atoms with Crippen molar-refractivity contribution in [3.63, 3.8) is 0 Å². The zero-order valence-electron chi connectivity index (χ0n) is 21.5. The summed E-state index contributed by atoms with van der Waals surface area (Å²) in [5, 5.41) is 0. The quantitative estimate of drug-likeness (QED) is 0.303. The Labute approximate surface area is 223 Å². The van der Waals surface area contributed by atoms with Gasteiger partial charge in [0.25, 0.3) is 5.79 Å². The Kier molecular flexibility index (Phi) is 8.61. The second-order valence-corrected chi connectivity index (χ2v) is 11.6. The molecule has 1 saturated heterocycles. The summed E-state index contributed by atoms with van der Waals surface area (Å²) in [7, 11) is -0.0156. The number of carbonyl (C=O) groups is 2. The third-order valence-electron chi connectivity index (χ3n) is 6.48. The van der Waals surface area contributed by atoms with Crippen molar-refractivity contribution in [2.45, 2.75) is 18.0 Å². The van der Waals surface area contributed by atoms with Crippen molar-refractivity contribution in [2.24, 2.45) is 5.92 Å². The Balaban J connectivity index is 1.66. The van der Waals surface area contributed by atoms with E-state index in [9.17, 15) is 18.0 Å². The molecule has 1 heterocycles. The van der Waals surface area contributed by atoms with Gasteiger partial charge in [-0.2, -0.15) is 0 Å². The minimum atomic E-state index is -3.68. The Hall–Kier alpha value is -3.53. The first-order valence-corrected chi connectivity index (χ1v) is 14.0. The molecular weight excluding hydrogens is 504 g/mol. The molecule has 0 saturated carbocycles. The number of rotatable bonds is 9. The second kappa shape index (κ2) is 11.9. The van der Waals surface area contributed by atoms with Crippen LogP contribution >= 0.6 is 0 Å². The van der Waals surface area contributed by atoms with E-state index in [1.165, 1.54) is 4.31 Å². The van der Waals surface area contributed by atoms with E-state index in [4.69, 9.17) is 9.47 Å². The van der Waals surface area contributed by atoms with E-state index >= 15 is 0 Å². The predicted octanol–water partition coefficient (Wildman–Crippen LogP) is 3.81. The molecule has 1 aliphatic rings. The van der Waals surface area contributed by atoms with Gasteiger partial charge in [0.15, 0.2) is 0 Å². The van der Waals surface area contributed by atoms with Crippen molar-refractivity contribution in [3.8, 4) is 0 Å². The standard InChI is InChI=1S/C29H32N2O6S/c1-30(2)20-26-21-31(38(34,35)22-23-12-6-3-7-13-23)19-18-29(26,36-27(32)24-14-8-4-9-15-24)37-28(33)25-16-10-5-11-17-25/h3-17,26H,18-22H2,1-2H3/t26-/m1/s1. The van der Waals surface area contributed by atoms with Crippen LogP contribution in [0.4, 0.5) is 0 Å². The Morgan fingerprint density at radius 1 is 0.842 bits per heavy atom. The molecule has 1 atom stereocenters. The lowest BCUT2D eigenvalue weighted by Crippen LogP contribution is -2.60. The number of benzene rings is 3.